The maximum atomic E-state index is 11.4. The largest absolute Gasteiger partial charge is 0.364 e. The summed E-state index contributed by atoms with van der Waals surface area (Å²) in [4.78, 5) is 34.0. The van der Waals surface area contributed by atoms with Crippen LogP contribution in [0.25, 0.3) is 0 Å². The van der Waals surface area contributed by atoms with Crippen molar-refractivity contribution in [3.63, 3.8) is 0 Å². The van der Waals surface area contributed by atoms with E-state index in [1.54, 1.807) is 7.05 Å². The lowest BCUT2D eigenvalue weighted by atomic mass is 10.5. The van der Waals surface area contributed by atoms with E-state index in [4.69, 9.17) is 12.2 Å². The summed E-state index contributed by atoms with van der Waals surface area (Å²) in [5.74, 6) is 0. The Morgan fingerprint density at radius 1 is 1.68 bits per heavy atom. The Morgan fingerprint density at radius 2 is 2.37 bits per heavy atom. The number of rotatable bonds is 4. The van der Waals surface area contributed by atoms with Gasteiger partial charge in [0.25, 0.3) is 0 Å². The summed E-state index contributed by atoms with van der Waals surface area (Å²) in [6, 6.07) is 0. The van der Waals surface area contributed by atoms with Crippen LogP contribution in [-0.2, 0) is 6.54 Å². The number of hydrazone groups is 1. The van der Waals surface area contributed by atoms with Crippen LogP contribution in [0.1, 0.15) is 0 Å². The Labute approximate surface area is 111 Å². The fourth-order valence-corrected chi connectivity index (χ4v) is 1.11. The summed E-state index contributed by atoms with van der Waals surface area (Å²) in [7, 11) is 1.60. The minimum atomic E-state index is -1.04. The molecular formula is C8H10N6O4S. The minimum Gasteiger partial charge on any atom is -0.364 e. The third kappa shape index (κ3) is 3.99. The minimum absolute atomic E-state index is 0.0597. The molecule has 11 heteroatoms. The van der Waals surface area contributed by atoms with Crippen LogP contribution in [0.15, 0.2) is 20.9 Å². The van der Waals surface area contributed by atoms with Gasteiger partial charge in [0.2, 0.25) is 0 Å². The topological polar surface area (TPSA) is 134 Å². The monoisotopic (exact) mass is 286 g/mol. The molecule has 0 fully saturated rings. The summed E-state index contributed by atoms with van der Waals surface area (Å²) in [6.07, 6.45) is 2.12. The van der Waals surface area contributed by atoms with Crippen molar-refractivity contribution in [2.75, 3.05) is 7.05 Å². The van der Waals surface area contributed by atoms with Gasteiger partial charge in [0.05, 0.1) is 17.7 Å². The lowest BCUT2D eigenvalue weighted by Gasteiger charge is -2.01. The van der Waals surface area contributed by atoms with Crippen LogP contribution in [0.4, 0.5) is 5.69 Å². The van der Waals surface area contributed by atoms with Crippen molar-refractivity contribution in [1.29, 1.82) is 0 Å². The zero-order chi connectivity index (χ0) is 14.4. The summed E-state index contributed by atoms with van der Waals surface area (Å²) in [6.45, 7) is -0.0597. The molecule has 10 nitrogen and oxygen atoms in total. The zero-order valence-electron chi connectivity index (χ0n) is 9.74. The number of thiocarbonyl (C=S) groups is 1. The molecule has 102 valence electrons. The van der Waals surface area contributed by atoms with E-state index in [1.807, 2.05) is 4.98 Å². The van der Waals surface area contributed by atoms with Gasteiger partial charge in [-0.25, -0.2) is 4.79 Å². The van der Waals surface area contributed by atoms with Gasteiger partial charge in [-0.15, -0.1) is 0 Å². The Morgan fingerprint density at radius 3 is 2.95 bits per heavy atom. The van der Waals surface area contributed by atoms with Crippen LogP contribution in [0.5, 0.6) is 0 Å². The predicted molar refractivity (Wildman–Crippen MR) is 71.3 cm³/mol. The maximum Gasteiger partial charge on any atom is 0.350 e. The standard InChI is InChI=1S/C8H10N6O4S/c1-9-7(19)12-10-2-3-13-4-5(14(17)18)6(15)11-8(13)16/h2,4H,3H2,1H3,(H2,9,12,19)(H,11,15,16)/b10-2+. The van der Waals surface area contributed by atoms with Gasteiger partial charge in [0, 0.05) is 13.3 Å². The van der Waals surface area contributed by atoms with Crippen molar-refractivity contribution in [2.45, 2.75) is 6.54 Å². The first-order chi connectivity index (χ1) is 8.95. The highest BCUT2D eigenvalue weighted by Crippen LogP contribution is 1.97. The smallest absolute Gasteiger partial charge is 0.350 e. The molecule has 0 amide bonds. The zero-order valence-corrected chi connectivity index (χ0v) is 10.6. The second-order valence-electron chi connectivity index (χ2n) is 3.19. The lowest BCUT2D eigenvalue weighted by molar-refractivity contribution is -0.386. The van der Waals surface area contributed by atoms with Crippen LogP contribution in [-0.4, -0.2) is 32.8 Å². The second-order valence-corrected chi connectivity index (χ2v) is 3.59. The van der Waals surface area contributed by atoms with Gasteiger partial charge in [-0.3, -0.25) is 29.9 Å². The average Bonchev–Trinajstić information content (AvgIpc) is 2.35. The number of nitro groups is 1. The van der Waals surface area contributed by atoms with Crippen LogP contribution in [0.2, 0.25) is 0 Å². The van der Waals surface area contributed by atoms with Crippen LogP contribution >= 0.6 is 12.2 Å². The highest BCUT2D eigenvalue weighted by atomic mass is 32.1. The molecule has 1 heterocycles. The Bertz CT molecular complexity index is 633. The third-order valence-electron chi connectivity index (χ3n) is 1.95. The molecule has 0 aromatic carbocycles. The van der Waals surface area contributed by atoms with Crippen molar-refractivity contribution in [3.8, 4) is 0 Å². The number of hydrogen-bond acceptors (Lipinski definition) is 6. The Balaban J connectivity index is 2.87. The van der Waals surface area contributed by atoms with E-state index in [9.17, 15) is 19.7 Å². The van der Waals surface area contributed by atoms with E-state index in [0.717, 1.165) is 10.8 Å². The first kappa shape index (κ1) is 14.5. The van der Waals surface area contributed by atoms with Gasteiger partial charge in [0.15, 0.2) is 5.11 Å². The highest BCUT2D eigenvalue weighted by Gasteiger charge is 2.14. The molecule has 0 atom stereocenters. The van der Waals surface area contributed by atoms with E-state index < -0.39 is 21.9 Å². The molecule has 1 rings (SSSR count). The van der Waals surface area contributed by atoms with Crippen molar-refractivity contribution in [2.24, 2.45) is 5.10 Å². The third-order valence-corrected chi connectivity index (χ3v) is 2.25. The maximum absolute atomic E-state index is 11.4. The number of aromatic nitrogens is 2. The molecule has 0 aliphatic carbocycles. The molecule has 19 heavy (non-hydrogen) atoms. The molecule has 0 bridgehead atoms. The van der Waals surface area contributed by atoms with E-state index in [0.29, 0.717) is 0 Å². The van der Waals surface area contributed by atoms with Crippen molar-refractivity contribution >= 4 is 29.2 Å². The van der Waals surface area contributed by atoms with Crippen molar-refractivity contribution in [1.82, 2.24) is 20.3 Å². The summed E-state index contributed by atoms with van der Waals surface area (Å²) >= 11 is 4.74. The van der Waals surface area contributed by atoms with E-state index in [2.05, 4.69) is 15.8 Å². The highest BCUT2D eigenvalue weighted by molar-refractivity contribution is 7.80. The van der Waals surface area contributed by atoms with Crippen molar-refractivity contribution < 1.29 is 4.92 Å². The number of nitrogens with zero attached hydrogens (tertiary/aromatic N) is 3. The molecular weight excluding hydrogens is 276 g/mol. The van der Waals surface area contributed by atoms with Crippen LogP contribution in [0.3, 0.4) is 0 Å². The number of aromatic amines is 1. The molecule has 0 saturated carbocycles. The quantitative estimate of drug-likeness (QED) is 0.266. The van der Waals surface area contributed by atoms with Gasteiger partial charge in [0.1, 0.15) is 0 Å². The molecule has 0 spiro atoms. The van der Waals surface area contributed by atoms with E-state index in [-0.39, 0.29) is 11.7 Å². The number of hydrogen-bond donors (Lipinski definition) is 3. The molecule has 0 aliphatic rings. The number of nitrogens with one attached hydrogen (secondary N) is 3. The molecule has 3 N–H and O–H groups in total. The summed E-state index contributed by atoms with van der Waals surface area (Å²) < 4.78 is 0.938. The average molecular weight is 286 g/mol. The lowest BCUT2D eigenvalue weighted by Crippen LogP contribution is -2.32. The van der Waals surface area contributed by atoms with Gasteiger partial charge in [-0.2, -0.15) is 5.10 Å². The molecule has 0 saturated heterocycles. The van der Waals surface area contributed by atoms with Gasteiger partial charge < -0.3 is 5.32 Å². The van der Waals surface area contributed by atoms with Gasteiger partial charge >= 0.3 is 16.9 Å². The Kier molecular flexibility index (Phi) is 4.88. The Hall–Kier alpha value is -2.56. The SMILES string of the molecule is CNC(=S)N/N=C/Cn1cc([N+](=O)[O-])c(=O)[nH]c1=O. The first-order valence-electron chi connectivity index (χ1n) is 4.93. The second kappa shape index (κ2) is 6.39. The van der Waals surface area contributed by atoms with E-state index >= 15 is 0 Å². The molecule has 0 unspecified atom stereocenters. The molecule has 0 radical (unpaired) electrons. The summed E-state index contributed by atoms with van der Waals surface area (Å²) in [5, 5.41) is 17.1. The van der Waals surface area contributed by atoms with E-state index in [1.165, 1.54) is 6.21 Å². The van der Waals surface area contributed by atoms with Crippen LogP contribution < -0.4 is 22.0 Å². The molecule has 1 aromatic rings. The normalized spacial score (nSPS) is 10.4. The summed E-state index contributed by atoms with van der Waals surface area (Å²) in [5.41, 5.74) is -0.0860. The first-order valence-corrected chi connectivity index (χ1v) is 5.34. The molecule has 0 aliphatic heterocycles. The molecule has 1 aromatic heterocycles. The van der Waals surface area contributed by atoms with Crippen molar-refractivity contribution in [3.05, 3.63) is 37.1 Å². The van der Waals surface area contributed by atoms with Crippen LogP contribution in [0, 0.1) is 10.1 Å². The van der Waals surface area contributed by atoms with Gasteiger partial charge in [-0.1, -0.05) is 0 Å². The number of H-pyrrole nitrogens is 1. The predicted octanol–water partition coefficient (Wildman–Crippen LogP) is -1.48. The van der Waals surface area contributed by atoms with Gasteiger partial charge in [-0.05, 0) is 12.2 Å². The fraction of sp³-hybridized carbons (Fsp3) is 0.250. The fourth-order valence-electron chi connectivity index (χ4n) is 1.05.